The molecule has 0 aromatic carbocycles. The van der Waals surface area contributed by atoms with Crippen LogP contribution in [0, 0.1) is 0 Å². The van der Waals surface area contributed by atoms with Crippen LogP contribution in [0.3, 0.4) is 0 Å². The van der Waals surface area contributed by atoms with E-state index in [-0.39, 0.29) is 31.2 Å². The number of carbonyl (C=O) groups is 2. The summed E-state index contributed by atoms with van der Waals surface area (Å²) in [6.45, 7) is 7.53. The van der Waals surface area contributed by atoms with Gasteiger partial charge in [0.25, 0.3) is 0 Å². The number of ether oxygens (including phenoxy) is 3. The van der Waals surface area contributed by atoms with E-state index in [4.69, 9.17) is 19.3 Å². The monoisotopic (exact) mass is 374 g/mol. The number of hydrogen-bond acceptors (Lipinski definition) is 5. The summed E-state index contributed by atoms with van der Waals surface area (Å²) in [7, 11) is 0. The third-order valence-electron chi connectivity index (χ3n) is 4.02. The molecule has 0 fully saturated rings. The lowest BCUT2D eigenvalue weighted by Gasteiger charge is -2.17. The maximum Gasteiger partial charge on any atom is 0.305 e. The lowest BCUT2D eigenvalue weighted by Crippen LogP contribution is -2.24. The molecule has 6 heteroatoms. The molecule has 0 radical (unpaired) electrons. The molecule has 154 valence electrons. The number of aliphatic carboxylic acids is 1. The van der Waals surface area contributed by atoms with Crippen LogP contribution in [0.4, 0.5) is 0 Å². The molecule has 0 aliphatic rings. The molecule has 1 N–H and O–H groups in total. The van der Waals surface area contributed by atoms with Crippen molar-refractivity contribution in [2.45, 2.75) is 97.2 Å². The lowest BCUT2D eigenvalue weighted by molar-refractivity contribution is -0.148. The van der Waals surface area contributed by atoms with Crippen LogP contribution in [-0.2, 0) is 23.8 Å². The van der Waals surface area contributed by atoms with Crippen LogP contribution in [0.5, 0.6) is 0 Å². The average molecular weight is 375 g/mol. The maximum atomic E-state index is 11.7. The van der Waals surface area contributed by atoms with Gasteiger partial charge >= 0.3 is 11.9 Å². The fourth-order valence-electron chi connectivity index (χ4n) is 2.36. The third-order valence-corrected chi connectivity index (χ3v) is 4.02. The molecule has 0 rings (SSSR count). The van der Waals surface area contributed by atoms with Crippen molar-refractivity contribution < 1.29 is 28.9 Å². The topological polar surface area (TPSA) is 82.1 Å². The quantitative estimate of drug-likeness (QED) is 0.284. The van der Waals surface area contributed by atoms with E-state index in [1.165, 1.54) is 0 Å². The van der Waals surface area contributed by atoms with Gasteiger partial charge in [0, 0.05) is 19.4 Å². The van der Waals surface area contributed by atoms with Gasteiger partial charge in [-0.05, 0) is 33.1 Å². The molecule has 2 unspecified atom stereocenters. The zero-order valence-corrected chi connectivity index (χ0v) is 16.8. The molecular formula is C20H38O6. The van der Waals surface area contributed by atoms with Gasteiger partial charge in [-0.15, -0.1) is 0 Å². The molecular weight excluding hydrogens is 336 g/mol. The summed E-state index contributed by atoms with van der Waals surface area (Å²) in [5, 5.41) is 8.54. The normalized spacial score (nSPS) is 13.3. The van der Waals surface area contributed by atoms with Crippen molar-refractivity contribution in [2.75, 3.05) is 19.8 Å². The molecule has 0 aliphatic heterocycles. The van der Waals surface area contributed by atoms with E-state index >= 15 is 0 Å². The highest BCUT2D eigenvalue weighted by molar-refractivity contribution is 5.69. The Balaban J connectivity index is 3.47. The minimum absolute atomic E-state index is 0.0511. The molecule has 0 aliphatic carbocycles. The van der Waals surface area contributed by atoms with Crippen LogP contribution in [-0.4, -0.2) is 49.1 Å². The lowest BCUT2D eigenvalue weighted by atomic mass is 10.1. The number of hydrogen-bond donors (Lipinski definition) is 1. The summed E-state index contributed by atoms with van der Waals surface area (Å²) in [6, 6.07) is 0. The van der Waals surface area contributed by atoms with E-state index in [0.29, 0.717) is 13.0 Å². The Labute approximate surface area is 158 Å². The van der Waals surface area contributed by atoms with Gasteiger partial charge < -0.3 is 19.3 Å². The summed E-state index contributed by atoms with van der Waals surface area (Å²) >= 11 is 0. The van der Waals surface area contributed by atoms with E-state index in [2.05, 4.69) is 6.92 Å². The Morgan fingerprint density at radius 1 is 0.808 bits per heavy atom. The highest BCUT2D eigenvalue weighted by Crippen LogP contribution is 2.09. The van der Waals surface area contributed by atoms with Gasteiger partial charge in [-0.3, -0.25) is 9.59 Å². The Morgan fingerprint density at radius 3 is 2.00 bits per heavy atom. The first-order chi connectivity index (χ1) is 12.5. The number of carbonyl (C=O) groups excluding carboxylic acids is 1. The fourth-order valence-corrected chi connectivity index (χ4v) is 2.36. The maximum absolute atomic E-state index is 11.7. The average Bonchev–Trinajstić information content (AvgIpc) is 2.60. The molecule has 0 spiro atoms. The van der Waals surface area contributed by atoms with E-state index in [1.54, 1.807) is 0 Å². The van der Waals surface area contributed by atoms with Crippen molar-refractivity contribution in [2.24, 2.45) is 0 Å². The Bertz CT molecular complexity index is 358. The van der Waals surface area contributed by atoms with Gasteiger partial charge in [0.15, 0.2) is 0 Å². The molecule has 2 atom stereocenters. The first-order valence-electron chi connectivity index (χ1n) is 10.1. The predicted molar refractivity (Wildman–Crippen MR) is 101 cm³/mol. The Hall–Kier alpha value is -1.14. The minimum atomic E-state index is -0.732. The summed E-state index contributed by atoms with van der Waals surface area (Å²) in [6.07, 6.45) is 8.27. The zero-order chi connectivity index (χ0) is 19.6. The number of esters is 1. The first kappa shape index (κ1) is 24.9. The van der Waals surface area contributed by atoms with Crippen molar-refractivity contribution in [1.29, 1.82) is 0 Å². The van der Waals surface area contributed by atoms with Crippen LogP contribution in [0.15, 0.2) is 0 Å². The standard InChI is InChI=1S/C20H38O6/c1-4-5-14-24-17(2)15-25-18(3)16-26-20(23)13-11-9-7-6-8-10-12-19(21)22/h17-18H,4-16H2,1-3H3,(H,21,22). The van der Waals surface area contributed by atoms with E-state index in [9.17, 15) is 9.59 Å². The van der Waals surface area contributed by atoms with Crippen molar-refractivity contribution in [3.63, 3.8) is 0 Å². The molecule has 0 bridgehead atoms. The minimum Gasteiger partial charge on any atom is -0.481 e. The van der Waals surface area contributed by atoms with E-state index in [1.807, 2.05) is 13.8 Å². The van der Waals surface area contributed by atoms with Gasteiger partial charge in [-0.1, -0.05) is 39.0 Å². The second-order valence-electron chi connectivity index (χ2n) is 6.88. The second kappa shape index (κ2) is 17.3. The van der Waals surface area contributed by atoms with Crippen molar-refractivity contribution in [3.8, 4) is 0 Å². The highest BCUT2D eigenvalue weighted by atomic mass is 16.6. The van der Waals surface area contributed by atoms with Crippen molar-refractivity contribution >= 4 is 11.9 Å². The van der Waals surface area contributed by atoms with Gasteiger partial charge in [-0.2, -0.15) is 0 Å². The third kappa shape index (κ3) is 17.7. The number of carboxylic acid groups (broad SMARTS) is 1. The molecule has 0 heterocycles. The zero-order valence-electron chi connectivity index (χ0n) is 16.8. The smallest absolute Gasteiger partial charge is 0.305 e. The fraction of sp³-hybridized carbons (Fsp3) is 0.900. The molecule has 26 heavy (non-hydrogen) atoms. The van der Waals surface area contributed by atoms with Crippen molar-refractivity contribution in [1.82, 2.24) is 0 Å². The summed E-state index contributed by atoms with van der Waals surface area (Å²) in [5.41, 5.74) is 0. The highest BCUT2D eigenvalue weighted by Gasteiger charge is 2.10. The van der Waals surface area contributed by atoms with Gasteiger partial charge in [0.2, 0.25) is 0 Å². The largest absolute Gasteiger partial charge is 0.481 e. The SMILES string of the molecule is CCCCOC(C)COC(C)COC(=O)CCCCCCCCC(=O)O. The van der Waals surface area contributed by atoms with Crippen molar-refractivity contribution in [3.05, 3.63) is 0 Å². The Kier molecular flexibility index (Phi) is 16.5. The molecule has 0 amide bonds. The van der Waals surface area contributed by atoms with Crippen LogP contribution < -0.4 is 0 Å². The molecule has 0 aromatic heterocycles. The molecule has 6 nitrogen and oxygen atoms in total. The first-order valence-corrected chi connectivity index (χ1v) is 10.1. The van der Waals surface area contributed by atoms with Crippen LogP contribution in [0.1, 0.15) is 85.0 Å². The van der Waals surface area contributed by atoms with E-state index in [0.717, 1.165) is 58.0 Å². The molecule has 0 saturated heterocycles. The van der Waals surface area contributed by atoms with E-state index < -0.39 is 5.97 Å². The summed E-state index contributed by atoms with van der Waals surface area (Å²) in [5.74, 6) is -0.914. The molecule has 0 aromatic rings. The summed E-state index contributed by atoms with van der Waals surface area (Å²) in [4.78, 5) is 22.1. The number of carboxylic acids is 1. The second-order valence-corrected chi connectivity index (χ2v) is 6.88. The van der Waals surface area contributed by atoms with Gasteiger partial charge in [-0.25, -0.2) is 0 Å². The molecule has 0 saturated carbocycles. The summed E-state index contributed by atoms with van der Waals surface area (Å²) < 4.78 is 16.5. The van der Waals surface area contributed by atoms with Crippen LogP contribution in [0.2, 0.25) is 0 Å². The number of rotatable bonds is 18. The van der Waals surface area contributed by atoms with Crippen LogP contribution >= 0.6 is 0 Å². The van der Waals surface area contributed by atoms with Crippen LogP contribution in [0.25, 0.3) is 0 Å². The van der Waals surface area contributed by atoms with Gasteiger partial charge in [0.05, 0.1) is 18.8 Å². The number of unbranched alkanes of at least 4 members (excludes halogenated alkanes) is 6. The Morgan fingerprint density at radius 2 is 1.38 bits per heavy atom. The predicted octanol–water partition coefficient (Wildman–Crippen LogP) is 4.35. The van der Waals surface area contributed by atoms with Gasteiger partial charge in [0.1, 0.15) is 6.61 Å².